The first kappa shape index (κ1) is 54.3. The van der Waals surface area contributed by atoms with Crippen molar-refractivity contribution in [1.29, 1.82) is 0 Å². The summed E-state index contributed by atoms with van der Waals surface area (Å²) in [5.74, 6) is -1.71. The first-order chi connectivity index (χ1) is 27.1. The topological polar surface area (TPSA) is 102 Å². The maximum atomic E-state index is 12.7. The Morgan fingerprint density at radius 3 is 1.11 bits per heavy atom. The van der Waals surface area contributed by atoms with Gasteiger partial charge < -0.3 is 28.6 Å². The second-order valence-corrected chi connectivity index (χ2v) is 17.7. The van der Waals surface area contributed by atoms with E-state index in [4.69, 9.17) is 14.2 Å². The number of hydrogen-bond donors (Lipinski definition) is 0. The summed E-state index contributed by atoms with van der Waals surface area (Å²) >= 11 is 0. The molecule has 0 heterocycles. The van der Waals surface area contributed by atoms with Gasteiger partial charge in [0.25, 0.3) is 0 Å². The molecular formula is C48H93NO7. The van der Waals surface area contributed by atoms with Crippen molar-refractivity contribution in [3.8, 4) is 0 Å². The number of hydrogen-bond acceptors (Lipinski definition) is 7. The third kappa shape index (κ3) is 37.9. The molecule has 0 radical (unpaired) electrons. The maximum absolute atomic E-state index is 12.7. The third-order valence-electron chi connectivity index (χ3n) is 11.2. The van der Waals surface area contributed by atoms with E-state index in [2.05, 4.69) is 13.8 Å². The molecule has 8 heteroatoms. The lowest BCUT2D eigenvalue weighted by molar-refractivity contribution is -0.889. The molecule has 0 spiro atoms. The van der Waals surface area contributed by atoms with Gasteiger partial charge in [-0.3, -0.25) is 9.59 Å². The molecule has 0 aliphatic rings. The molecule has 332 valence electrons. The van der Waals surface area contributed by atoms with E-state index in [0.717, 1.165) is 38.5 Å². The van der Waals surface area contributed by atoms with Crippen LogP contribution in [-0.4, -0.2) is 75.5 Å². The lowest BCUT2D eigenvalue weighted by Gasteiger charge is -2.34. The number of likely N-dealkylation sites (N-methyl/N-ethyl adjacent to an activating group) is 1. The van der Waals surface area contributed by atoms with Gasteiger partial charge >= 0.3 is 11.9 Å². The van der Waals surface area contributed by atoms with Gasteiger partial charge in [-0.1, -0.05) is 206 Å². The molecule has 0 aromatic carbocycles. The lowest BCUT2D eigenvalue weighted by atomic mass is 10.0. The first-order valence-corrected chi connectivity index (χ1v) is 24.1. The number of nitrogens with zero attached hydrogens (tertiary/aromatic N) is 1. The summed E-state index contributed by atoms with van der Waals surface area (Å²) in [6.45, 7) is 4.71. The number of aliphatic carboxylic acids is 1. The standard InChI is InChI=1S/C48H93NO7/c1-6-8-10-12-14-16-18-20-22-23-24-25-27-28-30-32-34-36-38-46(50)55-43-44(42-54-41-40-45(48(52)53)49(3,4)5)56-47(51)39-37-35-33-31-29-26-21-19-17-15-13-11-9-7-2/h44-45H,6-43H2,1-5H3. The number of carbonyl (C=O) groups is 3. The van der Waals surface area contributed by atoms with E-state index in [1.807, 2.05) is 21.1 Å². The number of esters is 2. The van der Waals surface area contributed by atoms with Crippen molar-refractivity contribution in [3.63, 3.8) is 0 Å². The molecule has 0 amide bonds. The number of rotatable bonds is 44. The maximum Gasteiger partial charge on any atom is 0.306 e. The molecule has 0 aliphatic heterocycles. The van der Waals surface area contributed by atoms with Crippen molar-refractivity contribution in [2.24, 2.45) is 0 Å². The van der Waals surface area contributed by atoms with Crippen LogP contribution in [0, 0.1) is 0 Å². The van der Waals surface area contributed by atoms with Crippen LogP contribution >= 0.6 is 0 Å². The number of carbonyl (C=O) groups excluding carboxylic acids is 3. The second-order valence-electron chi connectivity index (χ2n) is 17.7. The van der Waals surface area contributed by atoms with Crippen molar-refractivity contribution >= 4 is 17.9 Å². The molecule has 0 aromatic rings. The molecule has 0 bridgehead atoms. The average molecular weight is 796 g/mol. The Kier molecular flexibility index (Phi) is 38.9. The summed E-state index contributed by atoms with van der Waals surface area (Å²) in [6.07, 6.45) is 41.2. The number of quaternary nitrogens is 1. The summed E-state index contributed by atoms with van der Waals surface area (Å²) < 4.78 is 17.2. The molecule has 0 N–H and O–H groups in total. The van der Waals surface area contributed by atoms with E-state index in [-0.39, 0.29) is 42.7 Å². The highest BCUT2D eigenvalue weighted by Crippen LogP contribution is 2.17. The van der Waals surface area contributed by atoms with Gasteiger partial charge in [0.15, 0.2) is 6.10 Å². The summed E-state index contributed by atoms with van der Waals surface area (Å²) in [5, 5.41) is 11.6. The van der Waals surface area contributed by atoms with E-state index < -0.39 is 18.1 Å². The predicted octanol–water partition coefficient (Wildman–Crippen LogP) is 12.0. The lowest BCUT2D eigenvalue weighted by Crippen LogP contribution is -2.55. The largest absolute Gasteiger partial charge is 0.544 e. The van der Waals surface area contributed by atoms with Crippen LogP contribution in [0.1, 0.15) is 239 Å². The van der Waals surface area contributed by atoms with Gasteiger partial charge in [0.2, 0.25) is 0 Å². The van der Waals surface area contributed by atoms with Crippen LogP contribution in [0.2, 0.25) is 0 Å². The molecule has 0 fully saturated rings. The molecule has 0 saturated carbocycles. The number of carboxylic acid groups (broad SMARTS) is 1. The predicted molar refractivity (Wildman–Crippen MR) is 231 cm³/mol. The minimum atomic E-state index is -1.12. The zero-order valence-corrected chi connectivity index (χ0v) is 37.8. The minimum absolute atomic E-state index is 0.0495. The van der Waals surface area contributed by atoms with E-state index >= 15 is 0 Å². The Labute approximate surface area is 346 Å². The highest BCUT2D eigenvalue weighted by molar-refractivity contribution is 5.70. The van der Waals surface area contributed by atoms with Crippen molar-refractivity contribution < 1.29 is 38.2 Å². The molecule has 2 atom stereocenters. The van der Waals surface area contributed by atoms with E-state index in [1.54, 1.807) is 0 Å². The van der Waals surface area contributed by atoms with Crippen LogP contribution in [-0.2, 0) is 28.6 Å². The summed E-state index contributed by atoms with van der Waals surface area (Å²) in [5.41, 5.74) is 0. The molecule has 56 heavy (non-hydrogen) atoms. The molecule has 0 aliphatic carbocycles. The van der Waals surface area contributed by atoms with Crippen molar-refractivity contribution in [3.05, 3.63) is 0 Å². The highest BCUT2D eigenvalue weighted by Gasteiger charge is 2.25. The number of unbranched alkanes of at least 4 members (excludes halogenated alkanes) is 30. The van der Waals surface area contributed by atoms with E-state index in [9.17, 15) is 19.5 Å². The molecule has 0 saturated heterocycles. The number of ether oxygens (including phenoxy) is 3. The van der Waals surface area contributed by atoms with Gasteiger partial charge in [0.05, 0.1) is 40.3 Å². The fourth-order valence-corrected chi connectivity index (χ4v) is 7.49. The van der Waals surface area contributed by atoms with Gasteiger partial charge in [-0.05, 0) is 12.8 Å². The Hall–Kier alpha value is -1.67. The third-order valence-corrected chi connectivity index (χ3v) is 11.2. The summed E-state index contributed by atoms with van der Waals surface area (Å²) in [4.78, 5) is 36.9. The quantitative estimate of drug-likeness (QED) is 0.0344. The Morgan fingerprint density at radius 2 is 0.786 bits per heavy atom. The van der Waals surface area contributed by atoms with Crippen LogP contribution in [0.25, 0.3) is 0 Å². The van der Waals surface area contributed by atoms with Crippen LogP contribution in [0.5, 0.6) is 0 Å². The van der Waals surface area contributed by atoms with Gasteiger partial charge in [-0.2, -0.15) is 0 Å². The Bertz CT molecular complexity index is 889. The zero-order chi connectivity index (χ0) is 41.4. The Balaban J connectivity index is 4.22. The smallest absolute Gasteiger partial charge is 0.306 e. The molecule has 0 rings (SSSR count). The van der Waals surface area contributed by atoms with Crippen LogP contribution in [0.3, 0.4) is 0 Å². The van der Waals surface area contributed by atoms with Crippen LogP contribution in [0.15, 0.2) is 0 Å². The number of carboxylic acids is 1. The van der Waals surface area contributed by atoms with E-state index in [0.29, 0.717) is 12.8 Å². The molecule has 2 unspecified atom stereocenters. The van der Waals surface area contributed by atoms with Crippen LogP contribution in [0.4, 0.5) is 0 Å². The fraction of sp³-hybridized carbons (Fsp3) is 0.938. The zero-order valence-electron chi connectivity index (χ0n) is 37.8. The molecule has 8 nitrogen and oxygen atoms in total. The minimum Gasteiger partial charge on any atom is -0.544 e. The second kappa shape index (κ2) is 40.1. The highest BCUT2D eigenvalue weighted by atomic mass is 16.6. The molecular weight excluding hydrogens is 703 g/mol. The van der Waals surface area contributed by atoms with E-state index in [1.165, 1.54) is 167 Å². The van der Waals surface area contributed by atoms with Crippen LogP contribution < -0.4 is 5.11 Å². The fourth-order valence-electron chi connectivity index (χ4n) is 7.49. The van der Waals surface area contributed by atoms with Gasteiger partial charge in [0.1, 0.15) is 12.6 Å². The summed E-state index contributed by atoms with van der Waals surface area (Å²) in [6, 6.07) is -0.719. The van der Waals surface area contributed by atoms with Gasteiger partial charge in [-0.15, -0.1) is 0 Å². The summed E-state index contributed by atoms with van der Waals surface area (Å²) in [7, 11) is 5.42. The van der Waals surface area contributed by atoms with Crippen molar-refractivity contribution in [2.75, 3.05) is 41.0 Å². The van der Waals surface area contributed by atoms with Crippen molar-refractivity contribution in [2.45, 2.75) is 251 Å². The molecule has 0 aromatic heterocycles. The van der Waals surface area contributed by atoms with Gasteiger partial charge in [-0.25, -0.2) is 0 Å². The van der Waals surface area contributed by atoms with Crippen molar-refractivity contribution in [1.82, 2.24) is 0 Å². The normalized spacial score (nSPS) is 12.8. The first-order valence-electron chi connectivity index (χ1n) is 24.1. The SMILES string of the molecule is CCCCCCCCCCCCCCCCCCCCC(=O)OCC(COCCC(C(=O)[O-])[N+](C)(C)C)OC(=O)CCCCCCCCCCCCCCCC. The van der Waals surface area contributed by atoms with Gasteiger partial charge in [0, 0.05) is 19.3 Å². The average Bonchev–Trinajstić information content (AvgIpc) is 3.15. The monoisotopic (exact) mass is 796 g/mol. The Morgan fingerprint density at radius 1 is 0.464 bits per heavy atom.